The van der Waals surface area contributed by atoms with Gasteiger partial charge in [0.15, 0.2) is 0 Å². The molecule has 0 spiro atoms. The second kappa shape index (κ2) is 5.35. The summed E-state index contributed by atoms with van der Waals surface area (Å²) in [7, 11) is 1.67. The number of hydrogen-bond acceptors (Lipinski definition) is 3. The van der Waals surface area contributed by atoms with E-state index in [1.807, 2.05) is 24.4 Å². The molecule has 3 rings (SSSR count). The molecule has 2 heterocycles. The average Bonchev–Trinajstić information content (AvgIpc) is 3.09. The molecule has 1 unspecified atom stereocenters. The molecule has 1 fully saturated rings. The van der Waals surface area contributed by atoms with Gasteiger partial charge in [0, 0.05) is 18.0 Å². The van der Waals surface area contributed by atoms with Crippen molar-refractivity contribution in [2.45, 2.75) is 12.3 Å². The lowest BCUT2D eigenvalue weighted by Crippen LogP contribution is -2.08. The minimum atomic E-state index is 0.510. The summed E-state index contributed by atoms with van der Waals surface area (Å²) in [5.41, 5.74) is 2.16. The van der Waals surface area contributed by atoms with Crippen LogP contribution in [0.4, 0.5) is 0 Å². The van der Waals surface area contributed by atoms with Crippen molar-refractivity contribution in [3.8, 4) is 17.0 Å². The van der Waals surface area contributed by atoms with Crippen LogP contribution in [-0.4, -0.2) is 30.2 Å². The summed E-state index contributed by atoms with van der Waals surface area (Å²) >= 11 is 3.51. The fourth-order valence-electron chi connectivity index (χ4n) is 2.41. The Morgan fingerprint density at radius 2 is 2.32 bits per heavy atom. The van der Waals surface area contributed by atoms with Gasteiger partial charge in [-0.05, 0) is 47.1 Å². The molecule has 5 heteroatoms. The molecule has 1 aromatic carbocycles. The molecule has 2 aromatic rings. The van der Waals surface area contributed by atoms with Crippen LogP contribution < -0.4 is 10.1 Å². The van der Waals surface area contributed by atoms with Crippen LogP contribution in [0.5, 0.6) is 5.75 Å². The van der Waals surface area contributed by atoms with Gasteiger partial charge in [0.05, 0.1) is 23.5 Å². The number of ether oxygens (including phenoxy) is 1. The van der Waals surface area contributed by atoms with Crippen molar-refractivity contribution in [2.24, 2.45) is 0 Å². The van der Waals surface area contributed by atoms with Gasteiger partial charge in [-0.25, -0.2) is 4.98 Å². The van der Waals surface area contributed by atoms with E-state index in [0.29, 0.717) is 5.92 Å². The van der Waals surface area contributed by atoms with E-state index in [9.17, 15) is 0 Å². The first-order valence-electron chi connectivity index (χ1n) is 6.37. The maximum atomic E-state index is 5.24. The molecular formula is C14H16BrN3O. The molecule has 0 amide bonds. The smallest absolute Gasteiger partial charge is 0.133 e. The van der Waals surface area contributed by atoms with Crippen molar-refractivity contribution in [3.63, 3.8) is 0 Å². The number of aromatic nitrogens is 2. The summed E-state index contributed by atoms with van der Waals surface area (Å²) in [4.78, 5) is 7.93. The van der Waals surface area contributed by atoms with E-state index in [4.69, 9.17) is 4.74 Å². The van der Waals surface area contributed by atoms with E-state index in [0.717, 1.165) is 46.8 Å². The highest BCUT2D eigenvalue weighted by Crippen LogP contribution is 2.30. The van der Waals surface area contributed by atoms with Crippen LogP contribution in [0, 0.1) is 0 Å². The molecule has 0 bridgehead atoms. The van der Waals surface area contributed by atoms with Crippen molar-refractivity contribution in [2.75, 3.05) is 20.2 Å². The van der Waals surface area contributed by atoms with Gasteiger partial charge in [0.2, 0.25) is 0 Å². The molecule has 1 aliphatic heterocycles. The highest BCUT2D eigenvalue weighted by atomic mass is 79.9. The van der Waals surface area contributed by atoms with Crippen molar-refractivity contribution < 1.29 is 4.74 Å². The van der Waals surface area contributed by atoms with Crippen molar-refractivity contribution in [1.29, 1.82) is 0 Å². The zero-order valence-electron chi connectivity index (χ0n) is 10.7. The van der Waals surface area contributed by atoms with Crippen LogP contribution in [0.25, 0.3) is 11.3 Å². The number of halogens is 1. The summed E-state index contributed by atoms with van der Waals surface area (Å²) in [5, 5.41) is 3.36. The number of methoxy groups -OCH3 is 1. The first-order chi connectivity index (χ1) is 9.28. The Hall–Kier alpha value is -1.33. The Bertz CT molecular complexity index is 576. The predicted molar refractivity (Wildman–Crippen MR) is 78.5 cm³/mol. The number of aromatic amines is 1. The lowest BCUT2D eigenvalue weighted by Gasteiger charge is -2.05. The third kappa shape index (κ3) is 2.53. The molecule has 1 aromatic heterocycles. The standard InChI is InChI=1S/C14H16BrN3O/c1-19-13-3-2-9(6-11(13)15)12-8-17-14(18-12)10-4-5-16-7-10/h2-3,6,8,10,16H,4-5,7H2,1H3,(H,17,18). The van der Waals surface area contributed by atoms with Crippen molar-refractivity contribution >= 4 is 15.9 Å². The van der Waals surface area contributed by atoms with E-state index in [2.05, 4.69) is 31.2 Å². The molecule has 0 saturated carbocycles. The molecule has 1 aliphatic rings. The predicted octanol–water partition coefficient (Wildman–Crippen LogP) is 2.92. The maximum Gasteiger partial charge on any atom is 0.133 e. The van der Waals surface area contributed by atoms with E-state index < -0.39 is 0 Å². The Labute approximate surface area is 120 Å². The maximum absolute atomic E-state index is 5.24. The normalized spacial score (nSPS) is 18.7. The van der Waals surface area contributed by atoms with Crippen LogP contribution in [-0.2, 0) is 0 Å². The highest BCUT2D eigenvalue weighted by molar-refractivity contribution is 9.10. The van der Waals surface area contributed by atoms with E-state index in [1.54, 1.807) is 7.11 Å². The van der Waals surface area contributed by atoms with Crippen LogP contribution >= 0.6 is 15.9 Å². The molecule has 0 aliphatic carbocycles. The van der Waals surface area contributed by atoms with Gasteiger partial charge in [-0.3, -0.25) is 0 Å². The SMILES string of the molecule is COc1ccc(-c2cnc(C3CCNC3)[nH]2)cc1Br. The molecule has 0 radical (unpaired) electrons. The Morgan fingerprint density at radius 1 is 1.42 bits per heavy atom. The van der Waals surface area contributed by atoms with Crippen LogP contribution in [0.3, 0.4) is 0 Å². The van der Waals surface area contributed by atoms with Crippen LogP contribution in [0.2, 0.25) is 0 Å². The second-order valence-corrected chi connectivity index (χ2v) is 5.58. The van der Waals surface area contributed by atoms with Crippen LogP contribution in [0.1, 0.15) is 18.2 Å². The number of nitrogens with one attached hydrogen (secondary N) is 2. The number of imidazole rings is 1. The summed E-state index contributed by atoms with van der Waals surface area (Å²) in [5.74, 6) is 2.42. The number of rotatable bonds is 3. The topological polar surface area (TPSA) is 49.9 Å². The molecule has 1 atom stereocenters. The van der Waals surface area contributed by atoms with Gasteiger partial charge in [-0.2, -0.15) is 0 Å². The first-order valence-corrected chi connectivity index (χ1v) is 7.17. The second-order valence-electron chi connectivity index (χ2n) is 4.72. The summed E-state index contributed by atoms with van der Waals surface area (Å²) in [6, 6.07) is 6.04. The Morgan fingerprint density at radius 3 is 3.00 bits per heavy atom. The van der Waals surface area contributed by atoms with E-state index in [-0.39, 0.29) is 0 Å². The third-order valence-electron chi connectivity index (χ3n) is 3.51. The highest BCUT2D eigenvalue weighted by Gasteiger charge is 2.19. The monoisotopic (exact) mass is 321 g/mol. The van der Waals surface area contributed by atoms with Gasteiger partial charge in [0.25, 0.3) is 0 Å². The summed E-state index contributed by atoms with van der Waals surface area (Å²) in [6.45, 7) is 2.09. The lowest BCUT2D eigenvalue weighted by atomic mass is 10.1. The van der Waals surface area contributed by atoms with Crippen molar-refractivity contribution in [3.05, 3.63) is 34.7 Å². The number of hydrogen-bond donors (Lipinski definition) is 2. The summed E-state index contributed by atoms with van der Waals surface area (Å²) < 4.78 is 6.19. The van der Waals surface area contributed by atoms with E-state index in [1.165, 1.54) is 0 Å². The number of benzene rings is 1. The lowest BCUT2D eigenvalue weighted by molar-refractivity contribution is 0.412. The Balaban J connectivity index is 1.87. The molecule has 2 N–H and O–H groups in total. The number of nitrogens with zero attached hydrogens (tertiary/aromatic N) is 1. The fourth-order valence-corrected chi connectivity index (χ4v) is 2.95. The molecule has 4 nitrogen and oxygen atoms in total. The zero-order valence-corrected chi connectivity index (χ0v) is 12.3. The average molecular weight is 322 g/mol. The van der Waals surface area contributed by atoms with Gasteiger partial charge >= 0.3 is 0 Å². The van der Waals surface area contributed by atoms with Gasteiger partial charge in [-0.1, -0.05) is 0 Å². The summed E-state index contributed by atoms with van der Waals surface area (Å²) in [6.07, 6.45) is 3.06. The van der Waals surface area contributed by atoms with Crippen molar-refractivity contribution in [1.82, 2.24) is 15.3 Å². The quantitative estimate of drug-likeness (QED) is 0.913. The van der Waals surface area contributed by atoms with Gasteiger partial charge < -0.3 is 15.0 Å². The minimum Gasteiger partial charge on any atom is -0.496 e. The molecule has 19 heavy (non-hydrogen) atoms. The zero-order chi connectivity index (χ0) is 13.2. The molecular weight excluding hydrogens is 306 g/mol. The van der Waals surface area contributed by atoms with E-state index >= 15 is 0 Å². The first kappa shape index (κ1) is 12.7. The number of H-pyrrole nitrogens is 1. The van der Waals surface area contributed by atoms with Gasteiger partial charge in [0.1, 0.15) is 11.6 Å². The third-order valence-corrected chi connectivity index (χ3v) is 4.12. The Kier molecular flexibility index (Phi) is 3.57. The molecule has 100 valence electrons. The fraction of sp³-hybridized carbons (Fsp3) is 0.357. The largest absolute Gasteiger partial charge is 0.496 e. The minimum absolute atomic E-state index is 0.510. The molecule has 1 saturated heterocycles. The van der Waals surface area contributed by atoms with Gasteiger partial charge in [-0.15, -0.1) is 0 Å². The van der Waals surface area contributed by atoms with Crippen LogP contribution in [0.15, 0.2) is 28.9 Å².